The van der Waals surface area contributed by atoms with Crippen molar-refractivity contribution in [3.63, 3.8) is 0 Å². The van der Waals surface area contributed by atoms with Crippen molar-refractivity contribution >= 4 is 22.8 Å². The number of aryl methyl sites for hydroxylation is 1. The van der Waals surface area contributed by atoms with Crippen LogP contribution in [0.25, 0.3) is 5.65 Å². The van der Waals surface area contributed by atoms with E-state index >= 15 is 0 Å². The van der Waals surface area contributed by atoms with E-state index in [1.807, 2.05) is 36.6 Å². The quantitative estimate of drug-likeness (QED) is 0.692. The van der Waals surface area contributed by atoms with E-state index in [1.165, 1.54) is 17.5 Å². The van der Waals surface area contributed by atoms with Gasteiger partial charge in [-0.3, -0.25) is 9.20 Å². The van der Waals surface area contributed by atoms with Gasteiger partial charge in [-0.05, 0) is 19.1 Å². The van der Waals surface area contributed by atoms with Crippen LogP contribution < -0.4 is 0 Å². The minimum absolute atomic E-state index is 0.277. The van der Waals surface area contributed by atoms with Crippen LogP contribution in [0.5, 0.6) is 0 Å². The largest absolute Gasteiger partial charge is 0.297 e. The molecule has 98 valence electrons. The number of rotatable bonds is 3. The van der Waals surface area contributed by atoms with Crippen molar-refractivity contribution in [3.8, 4) is 6.07 Å². The number of Topliss-reactive ketones (excluding diaryl/α,β-unsaturated/α-hetero) is 1. The fourth-order valence-electron chi connectivity index (χ4n) is 1.99. The van der Waals surface area contributed by atoms with E-state index in [9.17, 15) is 10.1 Å². The Morgan fingerprint density at radius 2 is 2.35 bits per heavy atom. The van der Waals surface area contributed by atoms with Gasteiger partial charge in [-0.25, -0.2) is 9.97 Å². The average molecular weight is 282 g/mol. The van der Waals surface area contributed by atoms with Gasteiger partial charge in [-0.15, -0.1) is 11.3 Å². The smallest absolute Gasteiger partial charge is 0.205 e. The lowest BCUT2D eigenvalue weighted by atomic mass is 10.0. The van der Waals surface area contributed by atoms with Gasteiger partial charge in [-0.2, -0.15) is 5.26 Å². The molecule has 0 fully saturated rings. The second-order valence-corrected chi connectivity index (χ2v) is 5.22. The number of carbonyl (C=O) groups is 1. The summed E-state index contributed by atoms with van der Waals surface area (Å²) < 4.78 is 1.69. The first kappa shape index (κ1) is 12.5. The summed E-state index contributed by atoms with van der Waals surface area (Å²) in [5.41, 5.74) is 1.90. The molecule has 3 aromatic rings. The molecule has 5 nitrogen and oxygen atoms in total. The Hall–Kier alpha value is -2.52. The zero-order chi connectivity index (χ0) is 14.1. The monoisotopic (exact) mass is 282 g/mol. The summed E-state index contributed by atoms with van der Waals surface area (Å²) in [5.74, 6) is -1.16. The van der Waals surface area contributed by atoms with Crippen molar-refractivity contribution in [1.29, 1.82) is 5.26 Å². The highest BCUT2D eigenvalue weighted by Gasteiger charge is 2.27. The Kier molecular flexibility index (Phi) is 3.05. The molecule has 0 saturated heterocycles. The highest BCUT2D eigenvalue weighted by atomic mass is 32.1. The molecule has 1 unspecified atom stereocenters. The molecular weight excluding hydrogens is 272 g/mol. The van der Waals surface area contributed by atoms with E-state index in [0.717, 1.165) is 5.69 Å². The zero-order valence-corrected chi connectivity index (χ0v) is 11.5. The molecule has 0 aliphatic carbocycles. The summed E-state index contributed by atoms with van der Waals surface area (Å²) >= 11 is 1.33. The minimum atomic E-state index is -0.881. The first-order valence-electron chi connectivity index (χ1n) is 5.98. The number of thiazole rings is 1. The number of fused-ring (bicyclic) bond motifs is 1. The maximum absolute atomic E-state index is 12.5. The predicted octanol–water partition coefficient (Wildman–Crippen LogP) is 2.59. The topological polar surface area (TPSA) is 71.0 Å². The molecular formula is C14H10N4OS. The Balaban J connectivity index is 2.05. The van der Waals surface area contributed by atoms with E-state index in [-0.39, 0.29) is 5.78 Å². The van der Waals surface area contributed by atoms with Gasteiger partial charge in [0.05, 0.1) is 12.3 Å². The number of hydrogen-bond acceptors (Lipinski definition) is 5. The van der Waals surface area contributed by atoms with Crippen molar-refractivity contribution in [2.24, 2.45) is 0 Å². The number of nitriles is 1. The van der Waals surface area contributed by atoms with Crippen molar-refractivity contribution in [2.45, 2.75) is 12.8 Å². The Bertz CT molecular complexity index is 827. The number of nitrogens with zero attached hydrogens (tertiary/aromatic N) is 4. The number of imidazole rings is 1. The fraction of sp³-hybridized carbons (Fsp3) is 0.143. The van der Waals surface area contributed by atoms with Gasteiger partial charge in [0.25, 0.3) is 0 Å². The summed E-state index contributed by atoms with van der Waals surface area (Å²) in [7, 11) is 0. The third-order valence-electron chi connectivity index (χ3n) is 2.94. The van der Waals surface area contributed by atoms with Crippen LogP contribution in [0.1, 0.15) is 27.1 Å². The molecule has 1 atom stereocenters. The molecule has 6 heteroatoms. The van der Waals surface area contributed by atoms with Crippen molar-refractivity contribution in [2.75, 3.05) is 0 Å². The van der Waals surface area contributed by atoms with Gasteiger partial charge in [0.1, 0.15) is 16.3 Å². The van der Waals surface area contributed by atoms with Gasteiger partial charge in [0.15, 0.2) is 5.92 Å². The first-order chi connectivity index (χ1) is 9.70. The molecule has 0 bridgehead atoms. The van der Waals surface area contributed by atoms with Crippen LogP contribution in [0.2, 0.25) is 0 Å². The standard InChI is InChI=1S/C14H10N4OS/c1-9-8-20-14(17-9)10(6-15)13(19)11-7-16-12-4-2-3-5-18(11)12/h2-5,7-8,10H,1H3. The first-order valence-corrected chi connectivity index (χ1v) is 6.86. The molecule has 0 amide bonds. The summed E-state index contributed by atoms with van der Waals surface area (Å²) in [4.78, 5) is 21.0. The minimum Gasteiger partial charge on any atom is -0.297 e. The summed E-state index contributed by atoms with van der Waals surface area (Å²) in [5, 5.41) is 11.7. The second-order valence-electron chi connectivity index (χ2n) is 4.33. The maximum Gasteiger partial charge on any atom is 0.205 e. The SMILES string of the molecule is Cc1csc(C(C#N)C(=O)c2cnc3ccccn23)n1. The van der Waals surface area contributed by atoms with Crippen molar-refractivity contribution in [1.82, 2.24) is 14.4 Å². The molecule has 0 aromatic carbocycles. The van der Waals surface area contributed by atoms with Gasteiger partial charge >= 0.3 is 0 Å². The van der Waals surface area contributed by atoms with Crippen LogP contribution in [0, 0.1) is 18.3 Å². The predicted molar refractivity (Wildman–Crippen MR) is 74.7 cm³/mol. The van der Waals surface area contributed by atoms with Gasteiger partial charge in [0, 0.05) is 17.3 Å². The van der Waals surface area contributed by atoms with E-state index in [0.29, 0.717) is 16.3 Å². The van der Waals surface area contributed by atoms with Crippen LogP contribution in [-0.4, -0.2) is 20.2 Å². The zero-order valence-electron chi connectivity index (χ0n) is 10.6. The average Bonchev–Trinajstić information content (AvgIpc) is 3.06. The molecule has 0 N–H and O–H groups in total. The molecule has 0 aliphatic heterocycles. The normalized spacial score (nSPS) is 12.2. The highest BCUT2D eigenvalue weighted by Crippen LogP contribution is 2.24. The van der Waals surface area contributed by atoms with Crippen LogP contribution in [0.15, 0.2) is 36.0 Å². The van der Waals surface area contributed by atoms with Crippen molar-refractivity contribution in [3.05, 3.63) is 52.4 Å². The Labute approximate surface area is 119 Å². The van der Waals surface area contributed by atoms with Gasteiger partial charge < -0.3 is 0 Å². The van der Waals surface area contributed by atoms with E-state index in [4.69, 9.17) is 0 Å². The molecule has 0 aliphatic rings. The number of hydrogen-bond donors (Lipinski definition) is 0. The number of pyridine rings is 1. The van der Waals surface area contributed by atoms with Crippen LogP contribution in [0.4, 0.5) is 0 Å². The molecule has 0 spiro atoms. The van der Waals surface area contributed by atoms with E-state index in [2.05, 4.69) is 9.97 Å². The number of carbonyl (C=O) groups excluding carboxylic acids is 1. The molecule has 3 heterocycles. The Morgan fingerprint density at radius 1 is 1.50 bits per heavy atom. The van der Waals surface area contributed by atoms with Crippen LogP contribution >= 0.6 is 11.3 Å². The summed E-state index contributed by atoms with van der Waals surface area (Å²) in [6.45, 7) is 1.84. The van der Waals surface area contributed by atoms with Gasteiger partial charge in [-0.1, -0.05) is 6.07 Å². The third-order valence-corrected chi connectivity index (χ3v) is 3.97. The van der Waals surface area contributed by atoms with E-state index in [1.54, 1.807) is 10.6 Å². The molecule has 20 heavy (non-hydrogen) atoms. The summed E-state index contributed by atoms with van der Waals surface area (Å²) in [6, 6.07) is 7.52. The van der Waals surface area contributed by atoms with E-state index < -0.39 is 5.92 Å². The van der Waals surface area contributed by atoms with Crippen LogP contribution in [-0.2, 0) is 0 Å². The number of ketones is 1. The van der Waals surface area contributed by atoms with Crippen LogP contribution in [0.3, 0.4) is 0 Å². The summed E-state index contributed by atoms with van der Waals surface area (Å²) in [6.07, 6.45) is 3.26. The Morgan fingerprint density at radius 3 is 3.05 bits per heavy atom. The maximum atomic E-state index is 12.5. The van der Waals surface area contributed by atoms with Crippen molar-refractivity contribution < 1.29 is 4.79 Å². The molecule has 3 aromatic heterocycles. The lowest BCUT2D eigenvalue weighted by Crippen LogP contribution is -2.13. The molecule has 3 rings (SSSR count). The highest BCUT2D eigenvalue weighted by molar-refractivity contribution is 7.10. The second kappa shape index (κ2) is 4.87. The lowest BCUT2D eigenvalue weighted by molar-refractivity contribution is 0.0973. The molecule has 0 radical (unpaired) electrons. The number of aromatic nitrogens is 3. The lowest BCUT2D eigenvalue weighted by Gasteiger charge is -2.04. The van der Waals surface area contributed by atoms with Gasteiger partial charge in [0.2, 0.25) is 5.78 Å². The fourth-order valence-corrected chi connectivity index (χ4v) is 2.83. The molecule has 0 saturated carbocycles. The third kappa shape index (κ3) is 1.98.